The van der Waals surface area contributed by atoms with Crippen LogP contribution in [-0.4, -0.2) is 33.4 Å². The molecule has 33 heavy (non-hydrogen) atoms. The summed E-state index contributed by atoms with van der Waals surface area (Å²) < 4.78 is 4.99. The Morgan fingerprint density at radius 2 is 1.82 bits per heavy atom. The highest BCUT2D eigenvalue weighted by molar-refractivity contribution is 5.86. The topological polar surface area (TPSA) is 74.1 Å². The lowest BCUT2D eigenvalue weighted by Gasteiger charge is -2.61. The fourth-order valence-corrected chi connectivity index (χ4v) is 8.92. The van der Waals surface area contributed by atoms with Gasteiger partial charge in [0.15, 0.2) is 11.5 Å². The summed E-state index contributed by atoms with van der Waals surface area (Å²) in [6, 6.07) is 0. The number of ether oxygens (including phenoxy) is 1. The van der Waals surface area contributed by atoms with E-state index in [1.807, 2.05) is 0 Å². The largest absolute Gasteiger partial charge is 0.461 e. The molecule has 0 radical (unpaired) electrons. The quantitative estimate of drug-likeness (QED) is 0.562. The molecule has 0 spiro atoms. The lowest BCUT2D eigenvalue weighted by Crippen LogP contribution is -2.53. The van der Waals surface area contributed by atoms with Gasteiger partial charge in [0.1, 0.15) is 6.54 Å². The minimum absolute atomic E-state index is 0.0809. The SMILES string of the molecule is CCOC(=O)c1cnn(CC(=O)C2CCC3C4CCC5CC(C)CCC5(C)C4CCC23C)n1. The Balaban J connectivity index is 1.29. The molecule has 1 heterocycles. The highest BCUT2D eigenvalue weighted by Gasteiger charge is 2.60. The summed E-state index contributed by atoms with van der Waals surface area (Å²) in [5.74, 6) is 3.93. The van der Waals surface area contributed by atoms with Gasteiger partial charge in [-0.3, -0.25) is 4.79 Å². The second kappa shape index (κ2) is 8.49. The Kier molecular flexibility index (Phi) is 5.93. The number of carbonyl (C=O) groups excluding carboxylic acids is 2. The van der Waals surface area contributed by atoms with Crippen molar-refractivity contribution < 1.29 is 14.3 Å². The number of Topliss-reactive ketones (excluding diaryl/α,β-unsaturated/α-hetero) is 1. The molecular formula is C27H41N3O3. The van der Waals surface area contributed by atoms with E-state index in [1.54, 1.807) is 6.92 Å². The molecule has 1 aromatic rings. The first-order valence-corrected chi connectivity index (χ1v) is 13.4. The van der Waals surface area contributed by atoms with E-state index in [2.05, 4.69) is 31.0 Å². The minimum atomic E-state index is -0.483. The molecule has 0 saturated heterocycles. The van der Waals surface area contributed by atoms with Crippen LogP contribution in [0.4, 0.5) is 0 Å². The highest BCUT2D eigenvalue weighted by atomic mass is 16.5. The first-order chi connectivity index (χ1) is 15.8. The number of aromatic nitrogens is 3. The molecule has 0 aliphatic heterocycles. The zero-order chi connectivity index (χ0) is 23.4. The summed E-state index contributed by atoms with van der Waals surface area (Å²) in [6.07, 6.45) is 13.0. The summed E-state index contributed by atoms with van der Waals surface area (Å²) in [4.78, 5) is 26.7. The van der Waals surface area contributed by atoms with Crippen molar-refractivity contribution in [1.82, 2.24) is 15.0 Å². The molecule has 4 saturated carbocycles. The molecule has 4 fully saturated rings. The molecule has 0 bridgehead atoms. The van der Waals surface area contributed by atoms with E-state index < -0.39 is 5.97 Å². The van der Waals surface area contributed by atoms with Crippen LogP contribution in [0, 0.1) is 46.3 Å². The Bertz CT molecular complexity index is 912. The molecule has 0 aromatic carbocycles. The third-order valence-electron chi connectivity index (χ3n) is 10.6. The molecule has 182 valence electrons. The maximum absolute atomic E-state index is 13.4. The van der Waals surface area contributed by atoms with Gasteiger partial charge in [0.2, 0.25) is 0 Å². The number of fused-ring (bicyclic) bond motifs is 5. The van der Waals surface area contributed by atoms with Crippen molar-refractivity contribution >= 4 is 11.8 Å². The molecule has 5 rings (SSSR count). The van der Waals surface area contributed by atoms with E-state index >= 15 is 0 Å². The molecule has 4 aliphatic carbocycles. The Labute approximate surface area is 198 Å². The van der Waals surface area contributed by atoms with Crippen molar-refractivity contribution in [1.29, 1.82) is 0 Å². The van der Waals surface area contributed by atoms with Gasteiger partial charge in [0.25, 0.3) is 0 Å². The van der Waals surface area contributed by atoms with Crippen molar-refractivity contribution in [3.05, 3.63) is 11.9 Å². The van der Waals surface area contributed by atoms with Gasteiger partial charge in [-0.05, 0) is 98.7 Å². The molecule has 6 nitrogen and oxygen atoms in total. The number of rotatable bonds is 5. The van der Waals surface area contributed by atoms with Crippen LogP contribution in [0.2, 0.25) is 0 Å². The molecule has 6 heteroatoms. The van der Waals surface area contributed by atoms with Crippen LogP contribution in [-0.2, 0) is 16.1 Å². The van der Waals surface area contributed by atoms with Crippen LogP contribution in [0.1, 0.15) is 96.0 Å². The van der Waals surface area contributed by atoms with Gasteiger partial charge >= 0.3 is 5.97 Å². The molecule has 4 aliphatic rings. The Morgan fingerprint density at radius 1 is 1.06 bits per heavy atom. The van der Waals surface area contributed by atoms with E-state index in [-0.39, 0.29) is 29.4 Å². The summed E-state index contributed by atoms with van der Waals surface area (Å²) in [5, 5.41) is 8.37. The maximum atomic E-state index is 13.4. The minimum Gasteiger partial charge on any atom is -0.461 e. The van der Waals surface area contributed by atoms with Gasteiger partial charge in [-0.25, -0.2) is 4.79 Å². The number of hydrogen-bond acceptors (Lipinski definition) is 5. The van der Waals surface area contributed by atoms with Gasteiger partial charge < -0.3 is 4.74 Å². The Morgan fingerprint density at radius 3 is 2.61 bits per heavy atom. The van der Waals surface area contributed by atoms with Crippen LogP contribution >= 0.6 is 0 Å². The predicted octanol–water partition coefficient (Wildman–Crippen LogP) is 5.32. The first kappa shape index (κ1) is 23.0. The third-order valence-corrected chi connectivity index (χ3v) is 10.6. The lowest BCUT2D eigenvalue weighted by molar-refractivity contribution is -0.137. The second-order valence-electron chi connectivity index (χ2n) is 12.2. The predicted molar refractivity (Wildman–Crippen MR) is 125 cm³/mol. The van der Waals surface area contributed by atoms with E-state index in [0.717, 1.165) is 30.1 Å². The van der Waals surface area contributed by atoms with Crippen molar-refractivity contribution in [3.8, 4) is 0 Å². The van der Waals surface area contributed by atoms with Crippen LogP contribution in [0.5, 0.6) is 0 Å². The number of nitrogens with zero attached hydrogens (tertiary/aromatic N) is 3. The maximum Gasteiger partial charge on any atom is 0.360 e. The fraction of sp³-hybridized carbons (Fsp3) is 0.852. The summed E-state index contributed by atoms with van der Waals surface area (Å²) in [7, 11) is 0. The first-order valence-electron chi connectivity index (χ1n) is 13.4. The summed E-state index contributed by atoms with van der Waals surface area (Å²) >= 11 is 0. The number of carbonyl (C=O) groups is 2. The number of esters is 1. The van der Waals surface area contributed by atoms with Crippen LogP contribution in [0.3, 0.4) is 0 Å². The standard InChI is InChI=1S/C27H41N3O3/c1-5-33-25(32)23-15-28-30(29-23)16-24(31)22-9-8-20-19-7-6-18-14-17(2)10-12-26(18,3)21(19)11-13-27(20,22)4/h15,17-22H,5-14,16H2,1-4H3. The smallest absolute Gasteiger partial charge is 0.360 e. The lowest BCUT2D eigenvalue weighted by atomic mass is 9.44. The molecular weight excluding hydrogens is 414 g/mol. The van der Waals surface area contributed by atoms with Gasteiger partial charge in [-0.1, -0.05) is 27.2 Å². The third kappa shape index (κ3) is 3.76. The number of ketones is 1. The van der Waals surface area contributed by atoms with Crippen molar-refractivity contribution in [2.24, 2.45) is 46.3 Å². The van der Waals surface area contributed by atoms with Gasteiger partial charge in [0.05, 0.1) is 12.8 Å². The van der Waals surface area contributed by atoms with E-state index in [0.29, 0.717) is 17.9 Å². The Hall–Kier alpha value is -1.72. The average molecular weight is 456 g/mol. The monoisotopic (exact) mass is 455 g/mol. The van der Waals surface area contributed by atoms with Crippen molar-refractivity contribution in [2.75, 3.05) is 6.61 Å². The fourth-order valence-electron chi connectivity index (χ4n) is 8.92. The van der Waals surface area contributed by atoms with Crippen LogP contribution in [0.15, 0.2) is 6.20 Å². The van der Waals surface area contributed by atoms with Gasteiger partial charge in [-0.2, -0.15) is 9.90 Å². The molecule has 0 N–H and O–H groups in total. The molecule has 8 atom stereocenters. The van der Waals surface area contributed by atoms with E-state index in [4.69, 9.17) is 4.74 Å². The molecule has 0 amide bonds. The molecule has 1 aromatic heterocycles. The van der Waals surface area contributed by atoms with Crippen molar-refractivity contribution in [2.45, 2.75) is 92.0 Å². The zero-order valence-corrected chi connectivity index (χ0v) is 20.9. The number of hydrogen-bond donors (Lipinski definition) is 0. The van der Waals surface area contributed by atoms with Crippen LogP contribution in [0.25, 0.3) is 0 Å². The highest BCUT2D eigenvalue weighted by Crippen LogP contribution is 2.67. The second-order valence-corrected chi connectivity index (χ2v) is 12.2. The molecule has 8 unspecified atom stereocenters. The van der Waals surface area contributed by atoms with Crippen molar-refractivity contribution in [3.63, 3.8) is 0 Å². The van der Waals surface area contributed by atoms with E-state index in [9.17, 15) is 9.59 Å². The average Bonchev–Trinajstić information content (AvgIpc) is 3.38. The normalized spacial score (nSPS) is 42.2. The van der Waals surface area contributed by atoms with Crippen LogP contribution < -0.4 is 0 Å². The van der Waals surface area contributed by atoms with Gasteiger partial charge in [0, 0.05) is 5.92 Å². The zero-order valence-electron chi connectivity index (χ0n) is 20.9. The summed E-state index contributed by atoms with van der Waals surface area (Å²) in [5.41, 5.74) is 0.787. The van der Waals surface area contributed by atoms with E-state index in [1.165, 1.54) is 62.4 Å². The summed E-state index contributed by atoms with van der Waals surface area (Å²) in [6.45, 7) is 9.68. The van der Waals surface area contributed by atoms with Gasteiger partial charge in [-0.15, -0.1) is 5.10 Å².